The number of hydrogen-bond donors (Lipinski definition) is 0. The van der Waals surface area contributed by atoms with Crippen molar-refractivity contribution in [3.8, 4) is 0 Å². The summed E-state index contributed by atoms with van der Waals surface area (Å²) in [5, 5.41) is 0. The summed E-state index contributed by atoms with van der Waals surface area (Å²) in [6, 6.07) is 0. The van der Waals surface area contributed by atoms with E-state index in [1.54, 1.807) is 0 Å². The maximum Gasteiger partial charge on any atom is 0.306 e. The molecule has 0 bridgehead atoms. The van der Waals surface area contributed by atoms with E-state index in [1.807, 2.05) is 66.8 Å². The van der Waals surface area contributed by atoms with Gasteiger partial charge in [0.05, 0.1) is 0 Å². The number of ether oxygens (including phenoxy) is 3. The van der Waals surface area contributed by atoms with E-state index >= 15 is 0 Å². The highest BCUT2D eigenvalue weighted by Gasteiger charge is 2.19. The van der Waals surface area contributed by atoms with Crippen molar-refractivity contribution >= 4 is 17.9 Å². The van der Waals surface area contributed by atoms with Crippen LogP contribution in [0.25, 0.3) is 0 Å². The van der Waals surface area contributed by atoms with E-state index in [9.17, 15) is 14.4 Å². The molecule has 6 heteroatoms. The van der Waals surface area contributed by atoms with Crippen LogP contribution in [0.4, 0.5) is 0 Å². The topological polar surface area (TPSA) is 78.9 Å². The molecule has 0 saturated carbocycles. The van der Waals surface area contributed by atoms with Crippen LogP contribution < -0.4 is 0 Å². The molecule has 0 amide bonds. The number of carbonyl (C=O) groups is 3. The van der Waals surface area contributed by atoms with E-state index < -0.39 is 6.10 Å². The van der Waals surface area contributed by atoms with Crippen molar-refractivity contribution in [2.75, 3.05) is 13.2 Å². The lowest BCUT2D eigenvalue weighted by Gasteiger charge is -2.18. The van der Waals surface area contributed by atoms with E-state index in [-0.39, 0.29) is 31.1 Å². The molecule has 0 N–H and O–H groups in total. The fourth-order valence-electron chi connectivity index (χ4n) is 6.00. The Balaban J connectivity index is 4.57. The Bertz CT molecular complexity index is 1460. The molecule has 0 aliphatic heterocycles. The van der Waals surface area contributed by atoms with Gasteiger partial charge < -0.3 is 14.2 Å². The molecule has 0 aromatic rings. The molecule has 1 unspecified atom stereocenters. The normalized spacial score (nSPS) is 13.4. The van der Waals surface area contributed by atoms with Crippen molar-refractivity contribution in [3.05, 3.63) is 146 Å². The molecule has 1 atom stereocenters. The summed E-state index contributed by atoms with van der Waals surface area (Å²) < 4.78 is 16.7. The molecule has 0 radical (unpaired) electrons. The van der Waals surface area contributed by atoms with Gasteiger partial charge in [0.1, 0.15) is 13.2 Å². The van der Waals surface area contributed by atoms with Crippen molar-refractivity contribution in [2.24, 2.45) is 0 Å². The first-order valence-corrected chi connectivity index (χ1v) is 24.5. The highest BCUT2D eigenvalue weighted by Crippen LogP contribution is 2.13. The predicted molar refractivity (Wildman–Crippen MR) is 269 cm³/mol. The van der Waals surface area contributed by atoms with E-state index in [0.29, 0.717) is 19.3 Å². The zero-order valence-corrected chi connectivity index (χ0v) is 39.8. The van der Waals surface area contributed by atoms with Crippen LogP contribution in [0.3, 0.4) is 0 Å². The highest BCUT2D eigenvalue weighted by molar-refractivity contribution is 5.71. The minimum absolute atomic E-state index is 0.115. The van der Waals surface area contributed by atoms with Crippen LogP contribution in [0, 0.1) is 0 Å². The van der Waals surface area contributed by atoms with Crippen LogP contribution >= 0.6 is 0 Å². The summed E-state index contributed by atoms with van der Waals surface area (Å²) in [7, 11) is 0. The van der Waals surface area contributed by atoms with E-state index in [4.69, 9.17) is 14.2 Å². The molecule has 0 aliphatic rings. The number of allylic oxidation sites excluding steroid dienone is 24. The summed E-state index contributed by atoms with van der Waals surface area (Å²) in [6.45, 7) is 6.13. The average molecular weight is 867 g/mol. The smallest absolute Gasteiger partial charge is 0.306 e. The maximum atomic E-state index is 12.8. The van der Waals surface area contributed by atoms with Gasteiger partial charge in [-0.3, -0.25) is 14.4 Å². The van der Waals surface area contributed by atoms with Gasteiger partial charge in [-0.2, -0.15) is 0 Å². The molecule has 350 valence electrons. The lowest BCUT2D eigenvalue weighted by Crippen LogP contribution is -2.30. The second kappa shape index (κ2) is 49.9. The Labute approximate surface area is 385 Å². The molecule has 0 aromatic heterocycles. The molecule has 0 aromatic carbocycles. The first-order valence-electron chi connectivity index (χ1n) is 24.5. The van der Waals surface area contributed by atoms with Gasteiger partial charge in [0.15, 0.2) is 6.10 Å². The summed E-state index contributed by atoms with van der Waals surface area (Å²) in [4.78, 5) is 37.9. The van der Waals surface area contributed by atoms with E-state index in [0.717, 1.165) is 116 Å². The number of carbonyl (C=O) groups excluding carboxylic acids is 3. The summed E-state index contributed by atoms with van der Waals surface area (Å²) in [5.74, 6) is -1.01. The summed E-state index contributed by atoms with van der Waals surface area (Å²) in [5.41, 5.74) is 0. The van der Waals surface area contributed by atoms with Gasteiger partial charge in [0.2, 0.25) is 0 Å². The van der Waals surface area contributed by atoms with Crippen LogP contribution in [0.15, 0.2) is 146 Å². The zero-order chi connectivity index (χ0) is 45.8. The molecule has 6 nitrogen and oxygen atoms in total. The third-order valence-electron chi connectivity index (χ3n) is 9.60. The van der Waals surface area contributed by atoms with Crippen molar-refractivity contribution in [2.45, 2.75) is 181 Å². The third-order valence-corrected chi connectivity index (χ3v) is 9.60. The Kier molecular flexibility index (Phi) is 46.2. The van der Waals surface area contributed by atoms with Crippen molar-refractivity contribution in [1.82, 2.24) is 0 Å². The minimum Gasteiger partial charge on any atom is -0.462 e. The Morgan fingerprint density at radius 2 is 0.571 bits per heavy atom. The minimum atomic E-state index is -0.817. The van der Waals surface area contributed by atoms with Gasteiger partial charge in [-0.1, -0.05) is 224 Å². The predicted octanol–water partition coefficient (Wildman–Crippen LogP) is 16.1. The fourth-order valence-corrected chi connectivity index (χ4v) is 6.00. The van der Waals surface area contributed by atoms with Crippen molar-refractivity contribution in [3.63, 3.8) is 0 Å². The monoisotopic (exact) mass is 867 g/mol. The zero-order valence-electron chi connectivity index (χ0n) is 39.8. The van der Waals surface area contributed by atoms with Crippen LogP contribution in [0.5, 0.6) is 0 Å². The van der Waals surface area contributed by atoms with E-state index in [1.165, 1.54) is 19.3 Å². The summed E-state index contributed by atoms with van der Waals surface area (Å²) >= 11 is 0. The maximum absolute atomic E-state index is 12.8. The SMILES string of the molecule is CC\C=C/C=C\C=C/C=C\C=C\C=C/CCCCCC(=O)OCC(COC(=O)CCCCCCC\C=C/C=C\C=C/CC)OC(=O)CCCCCCCCC\C=C/C=C\C=C/CC. The molecule has 0 saturated heterocycles. The average Bonchev–Trinajstić information content (AvgIpc) is 3.28. The lowest BCUT2D eigenvalue weighted by atomic mass is 10.1. The number of rotatable bonds is 41. The molecule has 0 heterocycles. The third kappa shape index (κ3) is 48.2. The Morgan fingerprint density at radius 3 is 0.905 bits per heavy atom. The molecule has 63 heavy (non-hydrogen) atoms. The molecular weight excluding hydrogens is 781 g/mol. The number of esters is 3. The molecule has 0 fully saturated rings. The summed E-state index contributed by atoms with van der Waals surface area (Å²) in [6.07, 6.45) is 71.1. The van der Waals surface area contributed by atoms with Crippen LogP contribution in [-0.2, 0) is 28.6 Å². The number of hydrogen-bond acceptors (Lipinski definition) is 6. The highest BCUT2D eigenvalue weighted by atomic mass is 16.6. The first kappa shape index (κ1) is 58.3. The van der Waals surface area contributed by atoms with Crippen molar-refractivity contribution in [1.29, 1.82) is 0 Å². The van der Waals surface area contributed by atoms with Crippen molar-refractivity contribution < 1.29 is 28.6 Å². The Hall–Kier alpha value is -4.71. The molecular formula is C57H86O6. The van der Waals surface area contributed by atoms with Gasteiger partial charge in [-0.15, -0.1) is 0 Å². The van der Waals surface area contributed by atoms with Gasteiger partial charge in [0, 0.05) is 19.3 Å². The van der Waals surface area contributed by atoms with Gasteiger partial charge in [-0.05, 0) is 77.0 Å². The molecule has 0 spiro atoms. The quantitative estimate of drug-likeness (QED) is 0.0264. The second-order valence-electron chi connectivity index (χ2n) is 15.5. The van der Waals surface area contributed by atoms with Crippen LogP contribution in [0.2, 0.25) is 0 Å². The van der Waals surface area contributed by atoms with Crippen LogP contribution in [-0.4, -0.2) is 37.2 Å². The lowest BCUT2D eigenvalue weighted by molar-refractivity contribution is -0.167. The van der Waals surface area contributed by atoms with E-state index in [2.05, 4.69) is 99.8 Å². The largest absolute Gasteiger partial charge is 0.462 e. The van der Waals surface area contributed by atoms with Crippen LogP contribution in [0.1, 0.15) is 175 Å². The molecule has 0 rings (SSSR count). The number of unbranched alkanes of at least 4 members (excludes halogenated alkanes) is 15. The van der Waals surface area contributed by atoms with Gasteiger partial charge in [-0.25, -0.2) is 0 Å². The second-order valence-corrected chi connectivity index (χ2v) is 15.5. The standard InChI is InChI=1S/C57H86O6/c1-4-7-10-13-16-19-22-25-27-28-30-32-35-38-41-44-47-50-56(59)62-53-54(52-61-55(58)49-46-43-40-37-34-31-24-21-18-15-12-9-6-3)63-57(60)51-48-45-42-39-36-33-29-26-23-20-17-14-11-8-5-2/h7-25,27-28,30,32,35,54H,4-6,26,29,31,33-34,36-53H2,1-3H3/b10-7-,11-8-,12-9-,16-13-,17-14-,18-15-,22-19-,23-20-,24-21-,27-25-,30-28+,35-32-. The first-order chi connectivity index (χ1) is 31.0. The van der Waals surface area contributed by atoms with Gasteiger partial charge >= 0.3 is 17.9 Å². The fraction of sp³-hybridized carbons (Fsp3) is 0.526. The van der Waals surface area contributed by atoms with Gasteiger partial charge in [0.25, 0.3) is 0 Å². The molecule has 0 aliphatic carbocycles. The Morgan fingerprint density at radius 1 is 0.317 bits per heavy atom.